The van der Waals surface area contributed by atoms with Crippen LogP contribution in [-0.4, -0.2) is 39.6 Å². The van der Waals surface area contributed by atoms with Gasteiger partial charge in [0.05, 0.1) is 25.4 Å². The second kappa shape index (κ2) is 7.24. The highest BCUT2D eigenvalue weighted by Crippen LogP contribution is 2.44. The summed E-state index contributed by atoms with van der Waals surface area (Å²) in [6, 6.07) is 0. The summed E-state index contributed by atoms with van der Waals surface area (Å²) < 4.78 is 17.5. The van der Waals surface area contributed by atoms with Crippen molar-refractivity contribution in [1.82, 2.24) is 0 Å². The van der Waals surface area contributed by atoms with Gasteiger partial charge in [0.25, 0.3) is 0 Å². The molecule has 0 bridgehead atoms. The predicted molar refractivity (Wildman–Crippen MR) is 83.1 cm³/mol. The summed E-state index contributed by atoms with van der Waals surface area (Å²) in [5, 5.41) is 0. The third-order valence-electron chi connectivity index (χ3n) is 5.52. The molecule has 0 aromatic rings. The first-order valence-electron chi connectivity index (χ1n) is 7.97. The van der Waals surface area contributed by atoms with Crippen LogP contribution in [0.3, 0.4) is 0 Å². The Hall–Kier alpha value is -0.120. The van der Waals surface area contributed by atoms with Crippen LogP contribution in [0.5, 0.6) is 0 Å². The summed E-state index contributed by atoms with van der Waals surface area (Å²) in [4.78, 5) is 0. The van der Waals surface area contributed by atoms with Crippen molar-refractivity contribution in [2.75, 3.05) is 34.0 Å². The third kappa shape index (κ3) is 3.96. The molecule has 0 amide bonds. The molecule has 20 heavy (non-hydrogen) atoms. The summed E-state index contributed by atoms with van der Waals surface area (Å²) >= 11 is 0. The molecule has 0 atom stereocenters. The quantitative estimate of drug-likeness (QED) is 0.640. The van der Waals surface area contributed by atoms with E-state index in [0.717, 1.165) is 6.42 Å². The number of rotatable bonds is 9. The van der Waals surface area contributed by atoms with Crippen molar-refractivity contribution < 1.29 is 14.2 Å². The van der Waals surface area contributed by atoms with E-state index in [1.807, 2.05) is 0 Å². The molecule has 0 radical (unpaired) electrons. The van der Waals surface area contributed by atoms with Crippen LogP contribution < -0.4 is 0 Å². The minimum atomic E-state index is -0.0865. The lowest BCUT2D eigenvalue weighted by Crippen LogP contribution is -2.50. The van der Waals surface area contributed by atoms with Crippen LogP contribution in [0.15, 0.2) is 0 Å². The molecule has 0 saturated heterocycles. The summed E-state index contributed by atoms with van der Waals surface area (Å²) in [5.41, 5.74) is 0.0847. The Labute approximate surface area is 125 Å². The molecule has 1 aliphatic carbocycles. The van der Waals surface area contributed by atoms with Crippen LogP contribution in [-0.2, 0) is 14.2 Å². The van der Waals surface area contributed by atoms with Crippen LogP contribution >= 0.6 is 0 Å². The fourth-order valence-electron chi connectivity index (χ4n) is 3.22. The van der Waals surface area contributed by atoms with Gasteiger partial charge in [-0.05, 0) is 25.2 Å². The SMILES string of the molecule is CCC(C)(C)C(COC)(COC)COC1(C)CCCC1. The monoisotopic (exact) mass is 286 g/mol. The van der Waals surface area contributed by atoms with Crippen LogP contribution in [0.4, 0.5) is 0 Å². The fourth-order valence-corrected chi connectivity index (χ4v) is 3.22. The first kappa shape index (κ1) is 17.9. The third-order valence-corrected chi connectivity index (χ3v) is 5.52. The van der Waals surface area contributed by atoms with Crippen molar-refractivity contribution in [2.24, 2.45) is 10.8 Å². The zero-order valence-corrected chi connectivity index (χ0v) is 14.4. The Bertz CT molecular complexity index is 274. The average Bonchev–Trinajstić information content (AvgIpc) is 2.84. The van der Waals surface area contributed by atoms with Crippen molar-refractivity contribution in [3.8, 4) is 0 Å². The van der Waals surface area contributed by atoms with Crippen LogP contribution in [0.1, 0.15) is 59.8 Å². The Kier molecular flexibility index (Phi) is 6.49. The van der Waals surface area contributed by atoms with E-state index in [9.17, 15) is 0 Å². The molecule has 3 nitrogen and oxygen atoms in total. The average molecular weight is 286 g/mol. The molecule has 0 aliphatic heterocycles. The van der Waals surface area contributed by atoms with E-state index in [1.54, 1.807) is 14.2 Å². The molecule has 3 heteroatoms. The maximum atomic E-state index is 6.39. The van der Waals surface area contributed by atoms with Crippen molar-refractivity contribution in [2.45, 2.75) is 65.4 Å². The molecule has 1 aliphatic rings. The molecule has 0 heterocycles. The number of ether oxygens (including phenoxy) is 3. The fraction of sp³-hybridized carbons (Fsp3) is 1.00. The maximum Gasteiger partial charge on any atom is 0.0654 e. The zero-order chi connectivity index (χ0) is 15.3. The van der Waals surface area contributed by atoms with E-state index < -0.39 is 0 Å². The van der Waals surface area contributed by atoms with Gasteiger partial charge in [0, 0.05) is 19.6 Å². The normalized spacial score (nSPS) is 19.5. The Morgan fingerprint density at radius 3 is 1.85 bits per heavy atom. The van der Waals surface area contributed by atoms with Gasteiger partial charge in [-0.25, -0.2) is 0 Å². The van der Waals surface area contributed by atoms with E-state index in [-0.39, 0.29) is 16.4 Å². The first-order valence-corrected chi connectivity index (χ1v) is 7.97. The minimum absolute atomic E-state index is 0.0521. The smallest absolute Gasteiger partial charge is 0.0654 e. The number of hydrogen-bond acceptors (Lipinski definition) is 3. The Balaban J connectivity index is 2.85. The molecule has 0 aromatic heterocycles. The van der Waals surface area contributed by atoms with Crippen molar-refractivity contribution in [3.05, 3.63) is 0 Å². The standard InChI is InChI=1S/C17H34O3/c1-7-15(2,3)17(12-18-5,13-19-6)14-20-16(4)10-8-9-11-16/h7-14H2,1-6H3. The summed E-state index contributed by atoms with van der Waals surface area (Å²) in [5.74, 6) is 0. The molecule has 1 saturated carbocycles. The Morgan fingerprint density at radius 1 is 0.950 bits per heavy atom. The van der Waals surface area contributed by atoms with Crippen molar-refractivity contribution in [1.29, 1.82) is 0 Å². The number of hydrogen-bond donors (Lipinski definition) is 0. The van der Waals surface area contributed by atoms with Crippen LogP contribution in [0, 0.1) is 10.8 Å². The van der Waals surface area contributed by atoms with Gasteiger partial charge in [-0.1, -0.05) is 40.0 Å². The van der Waals surface area contributed by atoms with Gasteiger partial charge < -0.3 is 14.2 Å². The van der Waals surface area contributed by atoms with Crippen LogP contribution in [0.25, 0.3) is 0 Å². The minimum Gasteiger partial charge on any atom is -0.384 e. The molecule has 1 fully saturated rings. The summed E-state index contributed by atoms with van der Waals surface area (Å²) in [6.45, 7) is 11.2. The highest BCUT2D eigenvalue weighted by molar-refractivity contribution is 4.94. The number of methoxy groups -OCH3 is 2. The molecule has 120 valence electrons. The van der Waals surface area contributed by atoms with Gasteiger partial charge in [-0.3, -0.25) is 0 Å². The van der Waals surface area contributed by atoms with Crippen LogP contribution in [0.2, 0.25) is 0 Å². The van der Waals surface area contributed by atoms with E-state index >= 15 is 0 Å². The molecule has 0 N–H and O–H groups in total. The molecular formula is C17H34O3. The molecule has 0 unspecified atom stereocenters. The molecule has 0 spiro atoms. The van der Waals surface area contributed by atoms with E-state index in [0.29, 0.717) is 19.8 Å². The maximum absolute atomic E-state index is 6.39. The van der Waals surface area contributed by atoms with Crippen molar-refractivity contribution >= 4 is 0 Å². The highest BCUT2D eigenvalue weighted by atomic mass is 16.5. The molecule has 0 aromatic carbocycles. The van der Waals surface area contributed by atoms with E-state index in [2.05, 4.69) is 27.7 Å². The molecular weight excluding hydrogens is 252 g/mol. The van der Waals surface area contributed by atoms with Gasteiger partial charge in [0.2, 0.25) is 0 Å². The lowest BCUT2D eigenvalue weighted by Gasteiger charge is -2.47. The topological polar surface area (TPSA) is 27.7 Å². The zero-order valence-electron chi connectivity index (χ0n) is 14.4. The van der Waals surface area contributed by atoms with Gasteiger partial charge in [-0.2, -0.15) is 0 Å². The molecule has 1 rings (SSSR count). The van der Waals surface area contributed by atoms with Gasteiger partial charge >= 0.3 is 0 Å². The van der Waals surface area contributed by atoms with E-state index in [4.69, 9.17) is 14.2 Å². The second-order valence-corrected chi connectivity index (χ2v) is 7.33. The predicted octanol–water partition coefficient (Wildman–Crippen LogP) is 4.05. The summed E-state index contributed by atoms with van der Waals surface area (Å²) in [7, 11) is 3.54. The van der Waals surface area contributed by atoms with Gasteiger partial charge in [-0.15, -0.1) is 0 Å². The lowest BCUT2D eigenvalue weighted by molar-refractivity contribution is -0.151. The highest BCUT2D eigenvalue weighted by Gasteiger charge is 2.46. The second-order valence-electron chi connectivity index (χ2n) is 7.33. The van der Waals surface area contributed by atoms with Gasteiger partial charge in [0.15, 0.2) is 0 Å². The van der Waals surface area contributed by atoms with E-state index in [1.165, 1.54) is 25.7 Å². The van der Waals surface area contributed by atoms with Gasteiger partial charge in [0.1, 0.15) is 0 Å². The largest absolute Gasteiger partial charge is 0.384 e. The summed E-state index contributed by atoms with van der Waals surface area (Å²) in [6.07, 6.45) is 6.01. The first-order chi connectivity index (χ1) is 9.35. The van der Waals surface area contributed by atoms with Crippen molar-refractivity contribution in [3.63, 3.8) is 0 Å². The lowest BCUT2D eigenvalue weighted by atomic mass is 9.65. The Morgan fingerprint density at radius 2 is 1.45 bits per heavy atom.